The minimum absolute atomic E-state index is 0.458. The van der Waals surface area contributed by atoms with Gasteiger partial charge in [0.2, 0.25) is 0 Å². The monoisotopic (exact) mass is 224 g/mol. The molecule has 1 aliphatic carbocycles. The van der Waals surface area contributed by atoms with Crippen molar-refractivity contribution in [2.24, 2.45) is 0 Å². The Bertz CT molecular complexity index is 396. The topological polar surface area (TPSA) is 64.4 Å². The summed E-state index contributed by atoms with van der Waals surface area (Å²) < 4.78 is 6.37. The molecule has 1 aromatic rings. The number of carbonyl (C=O) groups is 1. The lowest BCUT2D eigenvalue weighted by molar-refractivity contribution is -0.152. The molecular formula is C11H16N2O3. The molecule has 1 fully saturated rings. The van der Waals surface area contributed by atoms with Crippen LogP contribution in [-0.4, -0.2) is 34.1 Å². The maximum atomic E-state index is 11.3. The van der Waals surface area contributed by atoms with E-state index in [1.54, 1.807) is 10.9 Å². The largest absolute Gasteiger partial charge is 0.467 e. The predicted octanol–water partition coefficient (Wildman–Crippen LogP) is 0.468. The van der Waals surface area contributed by atoms with E-state index in [1.807, 2.05) is 13.1 Å². The first-order valence-corrected chi connectivity index (χ1v) is 5.43. The molecule has 1 aliphatic rings. The highest BCUT2D eigenvalue weighted by atomic mass is 16.5. The van der Waals surface area contributed by atoms with Crippen LogP contribution in [0.25, 0.3) is 0 Å². The fourth-order valence-corrected chi connectivity index (χ4v) is 1.99. The Morgan fingerprint density at radius 2 is 2.44 bits per heavy atom. The second kappa shape index (κ2) is 3.90. The molecule has 1 saturated carbocycles. The van der Waals surface area contributed by atoms with Gasteiger partial charge >= 0.3 is 5.97 Å². The number of aromatic nitrogens is 2. The molecule has 5 heteroatoms. The lowest BCUT2D eigenvalue weighted by atomic mass is 9.92. The summed E-state index contributed by atoms with van der Waals surface area (Å²) in [6.45, 7) is 2.78. The summed E-state index contributed by atoms with van der Waals surface area (Å²) in [6, 6.07) is 0. The van der Waals surface area contributed by atoms with E-state index in [4.69, 9.17) is 0 Å². The number of esters is 1. The third kappa shape index (κ3) is 1.61. The van der Waals surface area contributed by atoms with E-state index >= 15 is 0 Å². The van der Waals surface area contributed by atoms with Crippen LogP contribution in [-0.2, 0) is 21.5 Å². The van der Waals surface area contributed by atoms with Crippen LogP contribution in [0.1, 0.15) is 25.3 Å². The van der Waals surface area contributed by atoms with Gasteiger partial charge in [0.15, 0.2) is 6.10 Å². The summed E-state index contributed by atoms with van der Waals surface area (Å²) in [5.74, 6) is -0.568. The van der Waals surface area contributed by atoms with Gasteiger partial charge in [0.1, 0.15) is 0 Å². The Kier molecular flexibility index (Phi) is 2.71. The first-order chi connectivity index (χ1) is 7.64. The Morgan fingerprint density at radius 3 is 2.88 bits per heavy atom. The van der Waals surface area contributed by atoms with Gasteiger partial charge in [0.05, 0.1) is 13.3 Å². The van der Waals surface area contributed by atoms with E-state index in [-0.39, 0.29) is 0 Å². The van der Waals surface area contributed by atoms with Crippen molar-refractivity contribution in [1.29, 1.82) is 0 Å². The number of ether oxygens (including phenoxy) is 1. The average Bonchev–Trinajstić information content (AvgIpc) is 2.98. The fourth-order valence-electron chi connectivity index (χ4n) is 1.99. The number of aliphatic hydroxyl groups excluding tert-OH is 1. The van der Waals surface area contributed by atoms with Gasteiger partial charge in [0.25, 0.3) is 0 Å². The van der Waals surface area contributed by atoms with Crippen molar-refractivity contribution in [3.05, 3.63) is 18.0 Å². The summed E-state index contributed by atoms with van der Waals surface area (Å²) in [5.41, 5.74) is 0.466. The van der Waals surface area contributed by atoms with E-state index in [0.717, 1.165) is 24.9 Å². The molecule has 1 N–H and O–H groups in total. The molecule has 1 atom stereocenters. The van der Waals surface area contributed by atoms with Crippen molar-refractivity contribution in [3.63, 3.8) is 0 Å². The minimum atomic E-state index is -1.08. The molecule has 0 radical (unpaired) electrons. The van der Waals surface area contributed by atoms with Crippen LogP contribution in [0, 0.1) is 0 Å². The first kappa shape index (κ1) is 11.1. The molecule has 2 rings (SSSR count). The smallest absolute Gasteiger partial charge is 0.335 e. The third-order valence-electron chi connectivity index (χ3n) is 3.27. The van der Waals surface area contributed by atoms with Gasteiger partial charge in [-0.15, -0.1) is 0 Å². The van der Waals surface area contributed by atoms with Crippen LogP contribution in [0.3, 0.4) is 0 Å². The minimum Gasteiger partial charge on any atom is -0.467 e. The van der Waals surface area contributed by atoms with Crippen LogP contribution in [0.15, 0.2) is 12.4 Å². The molecule has 16 heavy (non-hydrogen) atoms. The number of aryl methyl sites for hydroxylation is 1. The summed E-state index contributed by atoms with van der Waals surface area (Å²) in [4.78, 5) is 11.3. The van der Waals surface area contributed by atoms with Crippen LogP contribution in [0.2, 0.25) is 0 Å². The number of hydrogen-bond acceptors (Lipinski definition) is 4. The van der Waals surface area contributed by atoms with Gasteiger partial charge in [-0.05, 0) is 25.3 Å². The molecule has 0 aliphatic heterocycles. The number of rotatable bonds is 4. The van der Waals surface area contributed by atoms with Crippen LogP contribution < -0.4 is 0 Å². The molecule has 0 amide bonds. The first-order valence-electron chi connectivity index (χ1n) is 5.43. The Morgan fingerprint density at radius 1 is 1.75 bits per heavy atom. The quantitative estimate of drug-likeness (QED) is 0.755. The van der Waals surface area contributed by atoms with Gasteiger partial charge in [-0.3, -0.25) is 4.68 Å². The van der Waals surface area contributed by atoms with E-state index in [9.17, 15) is 9.90 Å². The van der Waals surface area contributed by atoms with E-state index < -0.39 is 17.5 Å². The molecule has 1 aromatic heterocycles. The summed E-state index contributed by atoms with van der Waals surface area (Å²) in [6.07, 6.45) is 4.14. The van der Waals surface area contributed by atoms with E-state index in [2.05, 4.69) is 9.84 Å². The van der Waals surface area contributed by atoms with Crippen molar-refractivity contribution in [2.45, 2.75) is 37.8 Å². The van der Waals surface area contributed by atoms with Gasteiger partial charge < -0.3 is 9.84 Å². The standard InChI is InChI=1S/C11H16N2O3/c1-3-13-7-8(6-12-13)11(4-5-11)9(14)10(15)16-2/h6-7,9,14H,3-5H2,1-2H3. The van der Waals surface area contributed by atoms with Crippen molar-refractivity contribution in [1.82, 2.24) is 9.78 Å². The molecule has 5 nitrogen and oxygen atoms in total. The highest BCUT2D eigenvalue weighted by Crippen LogP contribution is 2.51. The molecule has 88 valence electrons. The lowest BCUT2D eigenvalue weighted by Crippen LogP contribution is -2.34. The van der Waals surface area contributed by atoms with Gasteiger partial charge in [-0.1, -0.05) is 0 Å². The average molecular weight is 224 g/mol. The highest BCUT2D eigenvalue weighted by Gasteiger charge is 2.54. The number of carbonyl (C=O) groups excluding carboxylic acids is 1. The number of nitrogens with zero attached hydrogens (tertiary/aromatic N) is 2. The Balaban J connectivity index is 2.22. The zero-order valence-electron chi connectivity index (χ0n) is 9.51. The number of methoxy groups -OCH3 is 1. The van der Waals surface area contributed by atoms with Crippen molar-refractivity contribution < 1.29 is 14.6 Å². The molecule has 0 saturated heterocycles. The van der Waals surface area contributed by atoms with Gasteiger partial charge in [0, 0.05) is 18.2 Å². The zero-order chi connectivity index (χ0) is 11.8. The van der Waals surface area contributed by atoms with Crippen LogP contribution >= 0.6 is 0 Å². The highest BCUT2D eigenvalue weighted by molar-refractivity contribution is 5.77. The summed E-state index contributed by atoms with van der Waals surface area (Å²) in [7, 11) is 1.29. The van der Waals surface area contributed by atoms with Gasteiger partial charge in [-0.25, -0.2) is 4.79 Å². The molecule has 1 heterocycles. The van der Waals surface area contributed by atoms with Crippen LogP contribution in [0.5, 0.6) is 0 Å². The van der Waals surface area contributed by atoms with Crippen molar-refractivity contribution in [2.75, 3.05) is 7.11 Å². The van der Waals surface area contributed by atoms with Crippen molar-refractivity contribution in [3.8, 4) is 0 Å². The molecular weight excluding hydrogens is 208 g/mol. The fraction of sp³-hybridized carbons (Fsp3) is 0.636. The SMILES string of the molecule is CCn1cc(C2(C(O)C(=O)OC)CC2)cn1. The maximum Gasteiger partial charge on any atom is 0.335 e. The second-order valence-electron chi connectivity index (χ2n) is 4.17. The second-order valence-corrected chi connectivity index (χ2v) is 4.17. The van der Waals surface area contributed by atoms with Gasteiger partial charge in [-0.2, -0.15) is 5.10 Å². The molecule has 0 bridgehead atoms. The molecule has 0 spiro atoms. The number of aliphatic hydroxyl groups is 1. The summed E-state index contributed by atoms with van der Waals surface area (Å²) in [5, 5.41) is 14.1. The Hall–Kier alpha value is -1.36. The Labute approximate surface area is 94.0 Å². The van der Waals surface area contributed by atoms with E-state index in [1.165, 1.54) is 7.11 Å². The normalized spacial score (nSPS) is 19.2. The van der Waals surface area contributed by atoms with Crippen molar-refractivity contribution >= 4 is 5.97 Å². The predicted molar refractivity (Wildman–Crippen MR) is 56.8 cm³/mol. The summed E-state index contributed by atoms with van der Waals surface area (Å²) >= 11 is 0. The maximum absolute atomic E-state index is 11.3. The van der Waals surface area contributed by atoms with Crippen LogP contribution in [0.4, 0.5) is 0 Å². The number of hydrogen-bond donors (Lipinski definition) is 1. The lowest BCUT2D eigenvalue weighted by Gasteiger charge is -2.18. The molecule has 1 unspecified atom stereocenters. The zero-order valence-corrected chi connectivity index (χ0v) is 9.51. The third-order valence-corrected chi connectivity index (χ3v) is 3.27. The molecule has 0 aromatic carbocycles. The van der Waals surface area contributed by atoms with E-state index in [0.29, 0.717) is 0 Å².